The number of benzene rings is 2. The Morgan fingerprint density at radius 2 is 1.95 bits per heavy atom. The van der Waals surface area contributed by atoms with Gasteiger partial charge < -0.3 is 14.7 Å². The van der Waals surface area contributed by atoms with Crippen LogP contribution in [0.3, 0.4) is 0 Å². The minimum absolute atomic E-state index is 0.155. The number of hydrogen-bond acceptors (Lipinski definition) is 3. The van der Waals surface area contributed by atoms with Crippen molar-refractivity contribution in [2.45, 2.75) is 0 Å². The Morgan fingerprint density at radius 1 is 1.25 bits per heavy atom. The molecule has 2 aromatic carbocycles. The molecular formula is C15H14ClNO3. The van der Waals surface area contributed by atoms with Gasteiger partial charge in [-0.1, -0.05) is 23.7 Å². The topological polar surface area (TPSA) is 49.8 Å². The monoisotopic (exact) mass is 291 g/mol. The van der Waals surface area contributed by atoms with Crippen molar-refractivity contribution < 1.29 is 14.6 Å². The maximum absolute atomic E-state index is 11.3. The minimum Gasteiger partial charge on any atom is -0.497 e. The van der Waals surface area contributed by atoms with Gasteiger partial charge in [0, 0.05) is 18.8 Å². The molecular weight excluding hydrogens is 278 g/mol. The van der Waals surface area contributed by atoms with Crippen LogP contribution in [0.5, 0.6) is 5.75 Å². The van der Waals surface area contributed by atoms with Gasteiger partial charge in [-0.25, -0.2) is 4.79 Å². The predicted octanol–water partition coefficient (Wildman–Crippen LogP) is 3.81. The van der Waals surface area contributed by atoms with E-state index in [-0.39, 0.29) is 5.56 Å². The number of nitrogens with zero attached hydrogens (tertiary/aromatic N) is 1. The fraction of sp³-hybridized carbons (Fsp3) is 0.133. The standard InChI is InChI=1S/C15H14ClNO3/c1-17(10-5-3-6-11(9-10)20-2)14-12(15(18)19)7-4-8-13(14)16/h3-9H,1-2H3,(H,18,19). The summed E-state index contributed by atoms with van der Waals surface area (Å²) in [7, 11) is 3.35. The van der Waals surface area contributed by atoms with Gasteiger partial charge in [0.05, 0.1) is 23.4 Å². The van der Waals surface area contributed by atoms with Crippen LogP contribution in [0.25, 0.3) is 0 Å². The molecule has 0 saturated carbocycles. The summed E-state index contributed by atoms with van der Waals surface area (Å²) < 4.78 is 5.17. The van der Waals surface area contributed by atoms with Gasteiger partial charge in [0.2, 0.25) is 0 Å². The third-order valence-corrected chi connectivity index (χ3v) is 3.30. The first-order valence-electron chi connectivity index (χ1n) is 5.94. The number of anilines is 2. The Bertz CT molecular complexity index is 643. The molecule has 2 aromatic rings. The molecule has 5 heteroatoms. The number of aromatic carboxylic acids is 1. The molecule has 0 heterocycles. The van der Waals surface area contributed by atoms with Crippen molar-refractivity contribution >= 4 is 28.9 Å². The molecule has 0 aromatic heterocycles. The van der Waals surface area contributed by atoms with Crippen LogP contribution in [0.4, 0.5) is 11.4 Å². The van der Waals surface area contributed by atoms with Crippen molar-refractivity contribution in [2.75, 3.05) is 19.1 Å². The van der Waals surface area contributed by atoms with Gasteiger partial charge in [-0.3, -0.25) is 0 Å². The number of carboxylic acids is 1. The van der Waals surface area contributed by atoms with E-state index >= 15 is 0 Å². The molecule has 1 N–H and O–H groups in total. The summed E-state index contributed by atoms with van der Waals surface area (Å²) in [6, 6.07) is 12.1. The van der Waals surface area contributed by atoms with Gasteiger partial charge >= 0.3 is 5.97 Å². The van der Waals surface area contributed by atoms with E-state index in [1.807, 2.05) is 24.3 Å². The highest BCUT2D eigenvalue weighted by Gasteiger charge is 2.18. The zero-order valence-corrected chi connectivity index (χ0v) is 11.9. The lowest BCUT2D eigenvalue weighted by molar-refractivity contribution is 0.0697. The van der Waals surface area contributed by atoms with Gasteiger partial charge in [0.15, 0.2) is 0 Å². The van der Waals surface area contributed by atoms with E-state index in [0.29, 0.717) is 16.5 Å². The Balaban J connectivity index is 2.52. The van der Waals surface area contributed by atoms with Gasteiger partial charge in [-0.2, -0.15) is 0 Å². The van der Waals surface area contributed by atoms with Gasteiger partial charge in [0.1, 0.15) is 5.75 Å². The summed E-state index contributed by atoms with van der Waals surface area (Å²) in [5, 5.41) is 9.66. The lowest BCUT2D eigenvalue weighted by Gasteiger charge is -2.23. The quantitative estimate of drug-likeness (QED) is 0.930. The first-order valence-corrected chi connectivity index (χ1v) is 6.32. The number of hydrogen-bond donors (Lipinski definition) is 1. The summed E-state index contributed by atoms with van der Waals surface area (Å²) in [4.78, 5) is 13.1. The smallest absolute Gasteiger partial charge is 0.337 e. The number of rotatable bonds is 4. The van der Waals surface area contributed by atoms with Gasteiger partial charge in [-0.15, -0.1) is 0 Å². The zero-order valence-electron chi connectivity index (χ0n) is 11.1. The average molecular weight is 292 g/mol. The Hall–Kier alpha value is -2.20. The second-order valence-corrected chi connectivity index (χ2v) is 4.61. The molecule has 0 aliphatic heterocycles. The Kier molecular flexibility index (Phi) is 4.15. The molecule has 0 spiro atoms. The lowest BCUT2D eigenvalue weighted by Crippen LogP contribution is -2.14. The average Bonchev–Trinajstić information content (AvgIpc) is 2.46. The lowest BCUT2D eigenvalue weighted by atomic mass is 10.1. The summed E-state index contributed by atoms with van der Waals surface area (Å²) in [6.45, 7) is 0. The maximum Gasteiger partial charge on any atom is 0.337 e. The molecule has 0 aliphatic rings. The number of carboxylic acid groups (broad SMARTS) is 1. The zero-order chi connectivity index (χ0) is 14.7. The van der Waals surface area contributed by atoms with Crippen LogP contribution in [-0.4, -0.2) is 25.2 Å². The van der Waals surface area contributed by atoms with Crippen molar-refractivity contribution in [3.8, 4) is 5.75 Å². The molecule has 0 saturated heterocycles. The third kappa shape index (κ3) is 2.70. The van der Waals surface area contributed by atoms with E-state index in [4.69, 9.17) is 16.3 Å². The van der Waals surface area contributed by atoms with Crippen molar-refractivity contribution in [3.05, 3.63) is 53.1 Å². The highest BCUT2D eigenvalue weighted by atomic mass is 35.5. The molecule has 2 rings (SSSR count). The molecule has 0 aliphatic carbocycles. The van der Waals surface area contributed by atoms with Gasteiger partial charge in [0.25, 0.3) is 0 Å². The second-order valence-electron chi connectivity index (χ2n) is 4.20. The maximum atomic E-state index is 11.3. The summed E-state index contributed by atoms with van der Waals surface area (Å²) in [5.41, 5.74) is 1.40. The molecule has 20 heavy (non-hydrogen) atoms. The predicted molar refractivity (Wildman–Crippen MR) is 79.5 cm³/mol. The van der Waals surface area contributed by atoms with Crippen LogP contribution >= 0.6 is 11.6 Å². The van der Waals surface area contributed by atoms with E-state index in [1.165, 1.54) is 6.07 Å². The van der Waals surface area contributed by atoms with Crippen molar-refractivity contribution in [1.29, 1.82) is 0 Å². The van der Waals surface area contributed by atoms with E-state index in [9.17, 15) is 9.90 Å². The van der Waals surface area contributed by atoms with Crippen molar-refractivity contribution in [1.82, 2.24) is 0 Å². The number of ether oxygens (including phenoxy) is 1. The van der Waals surface area contributed by atoms with Crippen molar-refractivity contribution in [2.24, 2.45) is 0 Å². The van der Waals surface area contributed by atoms with Crippen LogP contribution in [-0.2, 0) is 0 Å². The molecule has 0 amide bonds. The van der Waals surface area contributed by atoms with Crippen molar-refractivity contribution in [3.63, 3.8) is 0 Å². The van der Waals surface area contributed by atoms with Crippen LogP contribution in [0, 0.1) is 0 Å². The van der Waals surface area contributed by atoms with E-state index in [1.54, 1.807) is 31.2 Å². The fourth-order valence-electron chi connectivity index (χ4n) is 1.98. The second kappa shape index (κ2) is 5.84. The van der Waals surface area contributed by atoms with Crippen LogP contribution < -0.4 is 9.64 Å². The summed E-state index contributed by atoms with van der Waals surface area (Å²) >= 11 is 6.16. The van der Waals surface area contributed by atoms with Crippen LogP contribution in [0.1, 0.15) is 10.4 Å². The minimum atomic E-state index is -1.02. The largest absolute Gasteiger partial charge is 0.497 e. The van der Waals surface area contributed by atoms with Gasteiger partial charge in [-0.05, 0) is 24.3 Å². The van der Waals surface area contributed by atoms with Crippen LogP contribution in [0.2, 0.25) is 5.02 Å². The molecule has 0 atom stereocenters. The molecule has 0 fully saturated rings. The molecule has 0 bridgehead atoms. The van der Waals surface area contributed by atoms with Crippen LogP contribution in [0.15, 0.2) is 42.5 Å². The highest BCUT2D eigenvalue weighted by Crippen LogP contribution is 2.35. The first kappa shape index (κ1) is 14.2. The summed E-state index contributed by atoms with van der Waals surface area (Å²) in [6.07, 6.45) is 0. The van der Waals surface area contributed by atoms with E-state index in [0.717, 1.165) is 5.69 Å². The normalized spacial score (nSPS) is 10.2. The Labute approximate surface area is 122 Å². The summed E-state index contributed by atoms with van der Waals surface area (Å²) in [5.74, 6) is -0.324. The molecule has 4 nitrogen and oxygen atoms in total. The third-order valence-electron chi connectivity index (χ3n) is 2.99. The van der Waals surface area contributed by atoms with E-state index in [2.05, 4.69) is 0 Å². The number of halogens is 1. The number of methoxy groups -OCH3 is 1. The van der Waals surface area contributed by atoms with E-state index < -0.39 is 5.97 Å². The SMILES string of the molecule is COc1cccc(N(C)c2c(Cl)cccc2C(=O)O)c1. The Morgan fingerprint density at radius 3 is 2.60 bits per heavy atom. The highest BCUT2D eigenvalue weighted by molar-refractivity contribution is 6.34. The fourth-order valence-corrected chi connectivity index (χ4v) is 2.28. The number of para-hydroxylation sites is 1. The molecule has 104 valence electrons. The molecule has 0 radical (unpaired) electrons. The first-order chi connectivity index (χ1) is 9.54. The molecule has 0 unspecified atom stereocenters. The number of carbonyl (C=O) groups is 1.